The second-order valence-electron chi connectivity index (χ2n) is 10.0. The number of aliphatic hydroxyl groups excluding tert-OH is 3. The molecule has 0 aromatic carbocycles. The van der Waals surface area contributed by atoms with Gasteiger partial charge in [0.25, 0.3) is 0 Å². The van der Waals surface area contributed by atoms with Gasteiger partial charge in [-0.2, -0.15) is 0 Å². The molecular formula is C25H45NO10. The molecule has 3 unspecified atom stereocenters. The molecule has 0 radical (unpaired) electrons. The number of esters is 2. The van der Waals surface area contributed by atoms with Gasteiger partial charge < -0.3 is 39.2 Å². The zero-order chi connectivity index (χ0) is 27.3. The van der Waals surface area contributed by atoms with Gasteiger partial charge in [0.1, 0.15) is 17.8 Å². The number of unbranched alkanes of at least 4 members (excludes halogenated alkanes) is 3. The molecule has 1 saturated heterocycles. The molecule has 1 heterocycles. The van der Waals surface area contributed by atoms with Crippen LogP contribution in [0.1, 0.15) is 86.0 Å². The summed E-state index contributed by atoms with van der Waals surface area (Å²) in [4.78, 5) is 38.5. The summed E-state index contributed by atoms with van der Waals surface area (Å²) in [5.74, 6) is -1.27. The average molecular weight is 520 g/mol. The molecular weight excluding hydrogens is 474 g/mol. The summed E-state index contributed by atoms with van der Waals surface area (Å²) in [7, 11) is 0. The summed E-state index contributed by atoms with van der Waals surface area (Å²) < 4.78 is 21.2. The number of carbonyl (C=O) groups excluding carboxylic acids is 3. The van der Waals surface area contributed by atoms with E-state index in [2.05, 4.69) is 0 Å². The highest BCUT2D eigenvalue weighted by molar-refractivity contribution is 5.71. The maximum atomic E-state index is 12.4. The number of ether oxygens (including phenoxy) is 4. The highest BCUT2D eigenvalue weighted by Crippen LogP contribution is 2.26. The molecule has 210 valence electrons. The van der Waals surface area contributed by atoms with Crippen molar-refractivity contribution in [2.24, 2.45) is 0 Å². The Morgan fingerprint density at radius 1 is 0.861 bits per heavy atom. The van der Waals surface area contributed by atoms with Crippen molar-refractivity contribution >= 4 is 18.0 Å². The second kappa shape index (κ2) is 16.0. The van der Waals surface area contributed by atoms with E-state index in [0.29, 0.717) is 38.8 Å². The molecule has 36 heavy (non-hydrogen) atoms. The average Bonchev–Trinajstić information content (AvgIpc) is 2.79. The number of aliphatic hydroxyl groups is 3. The van der Waals surface area contributed by atoms with Crippen LogP contribution in [0.15, 0.2) is 0 Å². The van der Waals surface area contributed by atoms with Crippen molar-refractivity contribution in [3.63, 3.8) is 0 Å². The van der Waals surface area contributed by atoms with E-state index >= 15 is 0 Å². The molecule has 1 fully saturated rings. The quantitative estimate of drug-likeness (QED) is 0.177. The van der Waals surface area contributed by atoms with Gasteiger partial charge in [0, 0.05) is 25.9 Å². The van der Waals surface area contributed by atoms with Gasteiger partial charge in [-0.25, -0.2) is 4.79 Å². The Hall–Kier alpha value is -1.95. The smallest absolute Gasteiger partial charge is 0.410 e. The van der Waals surface area contributed by atoms with Gasteiger partial charge in [-0.05, 0) is 46.5 Å². The Bertz CT molecular complexity index is 680. The number of nitrogens with zero attached hydrogens (tertiary/aromatic N) is 1. The lowest BCUT2D eigenvalue weighted by Crippen LogP contribution is -2.61. The normalized spacial score (nSPS) is 24.2. The van der Waals surface area contributed by atoms with Crippen molar-refractivity contribution in [1.82, 2.24) is 4.90 Å². The fourth-order valence-corrected chi connectivity index (χ4v) is 3.66. The number of amides is 1. The number of rotatable bonds is 14. The lowest BCUT2D eigenvalue weighted by molar-refractivity contribution is -0.293. The van der Waals surface area contributed by atoms with Crippen LogP contribution in [-0.2, 0) is 28.5 Å². The van der Waals surface area contributed by atoms with Gasteiger partial charge >= 0.3 is 18.0 Å². The first-order chi connectivity index (χ1) is 16.9. The Morgan fingerprint density at radius 2 is 1.47 bits per heavy atom. The SMILES string of the molecule is CCCCN(CCCCCC(=O)OC1C(O)OC(CO)[C@@H](O)[C@@H]1OC(=O)CCC)C(=O)OC(C)(C)C. The Kier molecular flexibility index (Phi) is 14.3. The minimum Gasteiger partial charge on any atom is -0.455 e. The maximum Gasteiger partial charge on any atom is 0.410 e. The largest absolute Gasteiger partial charge is 0.455 e. The van der Waals surface area contributed by atoms with E-state index in [1.165, 1.54) is 0 Å². The molecule has 0 aromatic rings. The summed E-state index contributed by atoms with van der Waals surface area (Å²) in [6.45, 7) is 9.78. The molecule has 11 nitrogen and oxygen atoms in total. The number of carbonyl (C=O) groups is 3. The van der Waals surface area contributed by atoms with Gasteiger partial charge in [-0.15, -0.1) is 0 Å². The Balaban J connectivity index is 2.58. The van der Waals surface area contributed by atoms with Crippen molar-refractivity contribution < 1.29 is 48.7 Å². The van der Waals surface area contributed by atoms with Crippen LogP contribution < -0.4 is 0 Å². The molecule has 0 saturated carbocycles. The third-order valence-corrected chi connectivity index (χ3v) is 5.55. The van der Waals surface area contributed by atoms with Crippen LogP contribution in [0.25, 0.3) is 0 Å². The Labute approximate surface area is 214 Å². The molecule has 3 N–H and O–H groups in total. The monoisotopic (exact) mass is 519 g/mol. The summed E-state index contributed by atoms with van der Waals surface area (Å²) in [6.07, 6.45) is -3.25. The maximum absolute atomic E-state index is 12.4. The minimum absolute atomic E-state index is 0.0275. The topological polar surface area (TPSA) is 152 Å². The van der Waals surface area contributed by atoms with Gasteiger partial charge in [0.15, 0.2) is 18.5 Å². The van der Waals surface area contributed by atoms with Crippen LogP contribution in [0.5, 0.6) is 0 Å². The van der Waals surface area contributed by atoms with Crippen LogP contribution >= 0.6 is 0 Å². The lowest BCUT2D eigenvalue weighted by atomic mass is 9.98. The van der Waals surface area contributed by atoms with Crippen LogP contribution in [0.3, 0.4) is 0 Å². The van der Waals surface area contributed by atoms with Crippen LogP contribution in [0, 0.1) is 0 Å². The molecule has 11 heteroatoms. The minimum atomic E-state index is -1.67. The lowest BCUT2D eigenvalue weighted by Gasteiger charge is -2.41. The van der Waals surface area contributed by atoms with Crippen LogP contribution in [0.4, 0.5) is 4.79 Å². The first-order valence-corrected chi connectivity index (χ1v) is 12.9. The van der Waals surface area contributed by atoms with Crippen LogP contribution in [0.2, 0.25) is 0 Å². The van der Waals surface area contributed by atoms with E-state index in [9.17, 15) is 29.7 Å². The van der Waals surface area contributed by atoms with Gasteiger partial charge in [-0.1, -0.05) is 26.7 Å². The van der Waals surface area contributed by atoms with Crippen molar-refractivity contribution in [3.05, 3.63) is 0 Å². The van der Waals surface area contributed by atoms with E-state index in [1.807, 2.05) is 27.7 Å². The van der Waals surface area contributed by atoms with Crippen molar-refractivity contribution in [1.29, 1.82) is 0 Å². The zero-order valence-electron chi connectivity index (χ0n) is 22.3. The van der Waals surface area contributed by atoms with E-state index in [-0.39, 0.29) is 18.9 Å². The number of hydrogen-bond donors (Lipinski definition) is 3. The first kappa shape index (κ1) is 32.1. The molecule has 5 atom stereocenters. The molecule has 0 spiro atoms. The highest BCUT2D eigenvalue weighted by Gasteiger charge is 2.49. The molecule has 0 bridgehead atoms. The number of hydrogen-bond acceptors (Lipinski definition) is 10. The predicted octanol–water partition coefficient (Wildman–Crippen LogP) is 2.28. The molecule has 1 amide bonds. The fraction of sp³-hybridized carbons (Fsp3) is 0.880. The van der Waals surface area contributed by atoms with E-state index < -0.39 is 54.9 Å². The van der Waals surface area contributed by atoms with E-state index in [1.54, 1.807) is 11.8 Å². The van der Waals surface area contributed by atoms with Crippen molar-refractivity contribution in [2.75, 3.05) is 19.7 Å². The third kappa shape index (κ3) is 11.4. The Morgan fingerprint density at radius 3 is 2.06 bits per heavy atom. The predicted molar refractivity (Wildman–Crippen MR) is 130 cm³/mol. The third-order valence-electron chi connectivity index (χ3n) is 5.55. The van der Waals surface area contributed by atoms with Gasteiger partial charge in [-0.3, -0.25) is 9.59 Å². The molecule has 1 aliphatic heterocycles. The first-order valence-electron chi connectivity index (χ1n) is 12.9. The van der Waals surface area contributed by atoms with E-state index in [0.717, 1.165) is 12.8 Å². The van der Waals surface area contributed by atoms with Gasteiger partial charge in [0.05, 0.1) is 6.61 Å². The standard InChI is InChI=1S/C25H45NO10/c1-6-8-14-26(24(32)36-25(3,4)5)15-11-9-10-13-19(29)35-22-21(34-18(28)12-7-2)20(30)17(16-27)33-23(22)31/h17,20-23,27,30-31H,6-16H2,1-5H3/t17?,20-,21+,22?,23?/m1/s1. The summed E-state index contributed by atoms with van der Waals surface area (Å²) in [5.41, 5.74) is -0.577. The fourth-order valence-electron chi connectivity index (χ4n) is 3.66. The molecule has 0 aliphatic carbocycles. The summed E-state index contributed by atoms with van der Waals surface area (Å²) in [5, 5.41) is 30.0. The highest BCUT2D eigenvalue weighted by atomic mass is 16.7. The van der Waals surface area contributed by atoms with E-state index in [4.69, 9.17) is 18.9 Å². The van der Waals surface area contributed by atoms with Crippen molar-refractivity contribution in [2.45, 2.75) is 122 Å². The van der Waals surface area contributed by atoms with Crippen molar-refractivity contribution in [3.8, 4) is 0 Å². The van der Waals surface area contributed by atoms with Crippen LogP contribution in [-0.4, -0.2) is 94.3 Å². The summed E-state index contributed by atoms with van der Waals surface area (Å²) >= 11 is 0. The molecule has 0 aromatic heterocycles. The zero-order valence-corrected chi connectivity index (χ0v) is 22.3. The second-order valence-corrected chi connectivity index (χ2v) is 10.0. The molecule has 1 aliphatic rings. The molecule has 1 rings (SSSR count). The van der Waals surface area contributed by atoms with Gasteiger partial charge in [0.2, 0.25) is 0 Å². The summed E-state index contributed by atoms with van der Waals surface area (Å²) in [6, 6.07) is 0.